The van der Waals surface area contributed by atoms with Gasteiger partial charge in [0.2, 0.25) is 0 Å². The molecular weight excluding hydrogens is 292 g/mol. The van der Waals surface area contributed by atoms with E-state index in [9.17, 15) is 5.11 Å². The van der Waals surface area contributed by atoms with E-state index in [0.717, 1.165) is 41.9 Å². The van der Waals surface area contributed by atoms with Crippen LogP contribution in [0.2, 0.25) is 0 Å². The van der Waals surface area contributed by atoms with Gasteiger partial charge in [0.15, 0.2) is 0 Å². The highest BCUT2D eigenvalue weighted by molar-refractivity contribution is 5.08. The molecule has 4 rings (SSSR count). The van der Waals surface area contributed by atoms with Crippen molar-refractivity contribution in [3.63, 3.8) is 0 Å². The lowest BCUT2D eigenvalue weighted by molar-refractivity contribution is -0.119. The van der Waals surface area contributed by atoms with Gasteiger partial charge in [-0.25, -0.2) is 0 Å². The normalized spacial score (nSPS) is 54.0. The molecule has 24 heavy (non-hydrogen) atoms. The van der Waals surface area contributed by atoms with Crippen LogP contribution in [0, 0.1) is 46.3 Å². The molecule has 0 aromatic rings. The Kier molecular flexibility index (Phi) is 4.55. The summed E-state index contributed by atoms with van der Waals surface area (Å²) in [5.41, 5.74) is 1.30. The SMILES string of the molecule is CC[C@H]1CC[C@H]2[C@@H]3CCC4C[C@H](CCO)CC[C@]4(C)[C@H]3CC[C@]12C. The monoisotopic (exact) mass is 332 g/mol. The lowest BCUT2D eigenvalue weighted by Gasteiger charge is -2.61. The predicted octanol–water partition coefficient (Wildman–Crippen LogP) is 6.05. The van der Waals surface area contributed by atoms with E-state index in [1.165, 1.54) is 64.2 Å². The van der Waals surface area contributed by atoms with E-state index in [1.807, 2.05) is 0 Å². The number of rotatable bonds is 3. The fourth-order valence-corrected chi connectivity index (χ4v) is 8.57. The van der Waals surface area contributed by atoms with Crippen molar-refractivity contribution < 1.29 is 5.11 Å². The first-order valence-electron chi connectivity index (χ1n) is 11.1. The summed E-state index contributed by atoms with van der Waals surface area (Å²) in [6.45, 7) is 8.18. The van der Waals surface area contributed by atoms with Crippen LogP contribution in [0.4, 0.5) is 0 Å². The van der Waals surface area contributed by atoms with E-state index in [-0.39, 0.29) is 0 Å². The summed E-state index contributed by atoms with van der Waals surface area (Å²) in [6.07, 6.45) is 15.8. The van der Waals surface area contributed by atoms with Gasteiger partial charge in [-0.2, -0.15) is 0 Å². The van der Waals surface area contributed by atoms with Crippen molar-refractivity contribution in [1.82, 2.24) is 0 Å². The van der Waals surface area contributed by atoms with Crippen LogP contribution in [0.15, 0.2) is 0 Å². The Bertz CT molecular complexity index is 459. The average molecular weight is 333 g/mol. The molecule has 0 aliphatic heterocycles. The van der Waals surface area contributed by atoms with Gasteiger partial charge in [-0.3, -0.25) is 0 Å². The van der Waals surface area contributed by atoms with Crippen molar-refractivity contribution in [3.8, 4) is 0 Å². The summed E-state index contributed by atoms with van der Waals surface area (Å²) in [5, 5.41) is 9.35. The van der Waals surface area contributed by atoms with E-state index >= 15 is 0 Å². The maximum atomic E-state index is 9.35. The van der Waals surface area contributed by atoms with Gasteiger partial charge in [0.1, 0.15) is 0 Å². The first-order chi connectivity index (χ1) is 11.5. The Morgan fingerprint density at radius 3 is 2.38 bits per heavy atom. The van der Waals surface area contributed by atoms with Gasteiger partial charge in [0.25, 0.3) is 0 Å². The molecule has 4 saturated carbocycles. The fourth-order valence-electron chi connectivity index (χ4n) is 8.57. The minimum absolute atomic E-state index is 0.402. The maximum absolute atomic E-state index is 9.35. The average Bonchev–Trinajstić information content (AvgIpc) is 2.92. The van der Waals surface area contributed by atoms with Crippen molar-refractivity contribution in [3.05, 3.63) is 0 Å². The summed E-state index contributed by atoms with van der Waals surface area (Å²) < 4.78 is 0. The van der Waals surface area contributed by atoms with Gasteiger partial charge in [-0.1, -0.05) is 27.2 Å². The van der Waals surface area contributed by atoms with Gasteiger partial charge in [0, 0.05) is 6.61 Å². The van der Waals surface area contributed by atoms with Crippen LogP contribution in [0.5, 0.6) is 0 Å². The van der Waals surface area contributed by atoms with Crippen LogP contribution in [0.25, 0.3) is 0 Å². The van der Waals surface area contributed by atoms with Crippen molar-refractivity contribution in [1.29, 1.82) is 0 Å². The highest BCUT2D eigenvalue weighted by Gasteiger charge is 2.59. The molecule has 0 bridgehead atoms. The highest BCUT2D eigenvalue weighted by atomic mass is 16.3. The standard InChI is InChI=1S/C23H40O/c1-4-17-6-8-20-19-7-5-18-15-16(11-14-24)9-12-23(18,3)21(19)10-13-22(17,20)2/h16-21,24H,4-15H2,1-3H3/t16-,17-,18?,19-,20-,21-,22+,23-/m0/s1. The van der Waals surface area contributed by atoms with E-state index < -0.39 is 0 Å². The molecule has 1 heteroatoms. The summed E-state index contributed by atoms with van der Waals surface area (Å²) in [6, 6.07) is 0. The summed E-state index contributed by atoms with van der Waals surface area (Å²) >= 11 is 0. The van der Waals surface area contributed by atoms with Crippen LogP contribution in [0.1, 0.15) is 91.4 Å². The van der Waals surface area contributed by atoms with Crippen LogP contribution < -0.4 is 0 Å². The Morgan fingerprint density at radius 2 is 1.62 bits per heavy atom. The molecule has 0 aromatic heterocycles. The second kappa shape index (κ2) is 6.29. The molecule has 138 valence electrons. The van der Waals surface area contributed by atoms with Gasteiger partial charge in [-0.15, -0.1) is 0 Å². The Balaban J connectivity index is 1.54. The van der Waals surface area contributed by atoms with E-state index in [0.29, 0.717) is 17.4 Å². The number of fused-ring (bicyclic) bond motifs is 5. The van der Waals surface area contributed by atoms with Gasteiger partial charge >= 0.3 is 0 Å². The number of hydrogen-bond acceptors (Lipinski definition) is 1. The quantitative estimate of drug-likeness (QED) is 0.666. The topological polar surface area (TPSA) is 20.2 Å². The highest BCUT2D eigenvalue weighted by Crippen LogP contribution is 2.68. The van der Waals surface area contributed by atoms with Crippen LogP contribution in [0.3, 0.4) is 0 Å². The summed E-state index contributed by atoms with van der Waals surface area (Å²) in [4.78, 5) is 0. The molecule has 8 atom stereocenters. The second-order valence-electron chi connectivity index (χ2n) is 10.5. The zero-order valence-corrected chi connectivity index (χ0v) is 16.4. The van der Waals surface area contributed by atoms with E-state index in [2.05, 4.69) is 20.8 Å². The minimum Gasteiger partial charge on any atom is -0.396 e. The summed E-state index contributed by atoms with van der Waals surface area (Å²) in [7, 11) is 0. The molecule has 0 saturated heterocycles. The first-order valence-corrected chi connectivity index (χ1v) is 11.1. The van der Waals surface area contributed by atoms with E-state index in [1.54, 1.807) is 0 Å². The minimum atomic E-state index is 0.402. The molecule has 0 amide bonds. The number of hydrogen-bond donors (Lipinski definition) is 1. The number of aliphatic hydroxyl groups is 1. The molecular formula is C23H40O. The zero-order valence-electron chi connectivity index (χ0n) is 16.4. The molecule has 0 radical (unpaired) electrons. The van der Waals surface area contributed by atoms with Crippen LogP contribution >= 0.6 is 0 Å². The third-order valence-electron chi connectivity index (χ3n) is 10.0. The molecule has 1 nitrogen and oxygen atoms in total. The summed E-state index contributed by atoms with van der Waals surface area (Å²) in [5.74, 6) is 5.87. The van der Waals surface area contributed by atoms with E-state index in [4.69, 9.17) is 0 Å². The molecule has 0 aromatic carbocycles. The molecule has 1 unspecified atom stereocenters. The number of aliphatic hydroxyl groups excluding tert-OH is 1. The first kappa shape index (κ1) is 17.4. The fraction of sp³-hybridized carbons (Fsp3) is 1.00. The van der Waals surface area contributed by atoms with Gasteiger partial charge < -0.3 is 5.11 Å². The van der Waals surface area contributed by atoms with Crippen molar-refractivity contribution in [2.75, 3.05) is 6.61 Å². The van der Waals surface area contributed by atoms with Crippen molar-refractivity contribution in [2.24, 2.45) is 46.3 Å². The molecule has 4 aliphatic carbocycles. The maximum Gasteiger partial charge on any atom is 0.0433 e. The van der Waals surface area contributed by atoms with Crippen molar-refractivity contribution >= 4 is 0 Å². The second-order valence-corrected chi connectivity index (χ2v) is 10.5. The predicted molar refractivity (Wildman–Crippen MR) is 101 cm³/mol. The zero-order chi connectivity index (χ0) is 16.9. The lowest BCUT2D eigenvalue weighted by Crippen LogP contribution is -2.53. The third-order valence-corrected chi connectivity index (χ3v) is 10.0. The molecule has 1 N–H and O–H groups in total. The Hall–Kier alpha value is -0.0400. The smallest absolute Gasteiger partial charge is 0.0433 e. The van der Waals surface area contributed by atoms with Gasteiger partial charge in [0.05, 0.1) is 0 Å². The lowest BCUT2D eigenvalue weighted by atomic mass is 9.44. The van der Waals surface area contributed by atoms with Crippen LogP contribution in [-0.4, -0.2) is 11.7 Å². The Labute approximate surface area is 150 Å². The van der Waals surface area contributed by atoms with Crippen molar-refractivity contribution in [2.45, 2.75) is 91.4 Å². The van der Waals surface area contributed by atoms with Crippen LogP contribution in [-0.2, 0) is 0 Å². The molecule has 0 spiro atoms. The molecule has 4 fully saturated rings. The van der Waals surface area contributed by atoms with Gasteiger partial charge in [-0.05, 0) is 111 Å². The Morgan fingerprint density at radius 1 is 0.875 bits per heavy atom. The largest absolute Gasteiger partial charge is 0.396 e. The molecule has 0 heterocycles. The third kappa shape index (κ3) is 2.43. The molecule has 4 aliphatic rings.